The predicted molar refractivity (Wildman–Crippen MR) is 73.5 cm³/mol. The molecular formula is C11H19BrN4O. The summed E-state index contributed by atoms with van der Waals surface area (Å²) in [6, 6.07) is 0.317. The number of anilines is 2. The molecule has 96 valence electrons. The quantitative estimate of drug-likeness (QED) is 0.840. The second-order valence-corrected chi connectivity index (χ2v) is 4.83. The van der Waals surface area contributed by atoms with E-state index in [-0.39, 0.29) is 6.61 Å². The lowest BCUT2D eigenvalue weighted by Crippen LogP contribution is -2.33. The van der Waals surface area contributed by atoms with E-state index in [1.165, 1.54) is 0 Å². The summed E-state index contributed by atoms with van der Waals surface area (Å²) in [5, 5.41) is 11.9. The summed E-state index contributed by atoms with van der Waals surface area (Å²) in [5.74, 6) is 1.45. The predicted octanol–water partition coefficient (Wildman–Crippen LogP) is 1.88. The number of nitrogens with zero attached hydrogens (tertiary/aromatic N) is 3. The molecule has 0 atom stereocenters. The molecule has 0 saturated carbocycles. The van der Waals surface area contributed by atoms with E-state index < -0.39 is 0 Å². The number of aromatic nitrogens is 2. The molecule has 1 heterocycles. The number of rotatable bonds is 6. The molecule has 0 unspecified atom stereocenters. The van der Waals surface area contributed by atoms with E-state index >= 15 is 0 Å². The number of nitrogens with one attached hydrogen (secondary N) is 1. The minimum absolute atomic E-state index is 0.185. The molecule has 0 aromatic carbocycles. The van der Waals surface area contributed by atoms with Crippen LogP contribution in [0.25, 0.3) is 0 Å². The summed E-state index contributed by atoms with van der Waals surface area (Å²) in [5.41, 5.74) is 0. The van der Waals surface area contributed by atoms with Gasteiger partial charge in [0, 0.05) is 32.4 Å². The topological polar surface area (TPSA) is 61.3 Å². The van der Waals surface area contributed by atoms with E-state index in [2.05, 4.69) is 50.0 Å². The van der Waals surface area contributed by atoms with Gasteiger partial charge in [-0.15, -0.1) is 0 Å². The standard InChI is InChI=1S/C11H19BrN4O/c1-8(2)16(5-4-6-17)10-9(12)7-14-11(13-3)15-10/h7-8,17H,4-6H2,1-3H3,(H,13,14,15). The average molecular weight is 303 g/mol. The van der Waals surface area contributed by atoms with E-state index in [9.17, 15) is 0 Å². The van der Waals surface area contributed by atoms with Crippen molar-refractivity contribution >= 4 is 27.7 Å². The van der Waals surface area contributed by atoms with E-state index in [0.717, 1.165) is 23.3 Å². The van der Waals surface area contributed by atoms with E-state index in [1.807, 2.05) is 0 Å². The second kappa shape index (κ2) is 6.76. The third kappa shape index (κ3) is 3.81. The molecule has 0 spiro atoms. The van der Waals surface area contributed by atoms with Gasteiger partial charge in [-0.2, -0.15) is 4.98 Å². The maximum absolute atomic E-state index is 8.93. The van der Waals surface area contributed by atoms with Gasteiger partial charge < -0.3 is 15.3 Å². The van der Waals surface area contributed by atoms with Gasteiger partial charge in [0.25, 0.3) is 0 Å². The lowest BCUT2D eigenvalue weighted by molar-refractivity contribution is 0.288. The molecule has 5 nitrogen and oxygen atoms in total. The van der Waals surface area contributed by atoms with Crippen molar-refractivity contribution < 1.29 is 5.11 Å². The fraction of sp³-hybridized carbons (Fsp3) is 0.636. The molecule has 17 heavy (non-hydrogen) atoms. The SMILES string of the molecule is CNc1ncc(Br)c(N(CCCO)C(C)C)n1. The van der Waals surface area contributed by atoms with Crippen LogP contribution >= 0.6 is 15.9 Å². The minimum Gasteiger partial charge on any atom is -0.396 e. The fourth-order valence-corrected chi connectivity index (χ4v) is 1.95. The molecule has 1 aromatic heterocycles. The average Bonchev–Trinajstić information content (AvgIpc) is 2.31. The molecule has 0 saturated heterocycles. The van der Waals surface area contributed by atoms with Crippen molar-refractivity contribution in [3.05, 3.63) is 10.7 Å². The van der Waals surface area contributed by atoms with Crippen LogP contribution < -0.4 is 10.2 Å². The Morgan fingerprint density at radius 1 is 1.53 bits per heavy atom. The van der Waals surface area contributed by atoms with Gasteiger partial charge in [-0.25, -0.2) is 4.98 Å². The molecule has 0 fully saturated rings. The Kier molecular flexibility index (Phi) is 5.64. The van der Waals surface area contributed by atoms with Crippen molar-refractivity contribution in [3.63, 3.8) is 0 Å². The van der Waals surface area contributed by atoms with Gasteiger partial charge in [0.1, 0.15) is 5.82 Å². The smallest absolute Gasteiger partial charge is 0.224 e. The third-order valence-corrected chi connectivity index (χ3v) is 2.96. The highest BCUT2D eigenvalue weighted by atomic mass is 79.9. The number of hydrogen-bond donors (Lipinski definition) is 2. The summed E-state index contributed by atoms with van der Waals surface area (Å²) >= 11 is 3.46. The molecule has 2 N–H and O–H groups in total. The molecule has 6 heteroatoms. The normalized spacial score (nSPS) is 10.7. The third-order valence-electron chi connectivity index (χ3n) is 2.40. The van der Waals surface area contributed by atoms with Crippen LogP contribution in [0.3, 0.4) is 0 Å². The first-order valence-corrected chi connectivity index (χ1v) is 6.47. The highest BCUT2D eigenvalue weighted by Crippen LogP contribution is 2.25. The Labute approximate surface area is 110 Å². The molecule has 1 aromatic rings. The van der Waals surface area contributed by atoms with Crippen molar-refractivity contribution in [2.24, 2.45) is 0 Å². The zero-order valence-electron chi connectivity index (χ0n) is 10.4. The van der Waals surface area contributed by atoms with Crippen LogP contribution in [0.15, 0.2) is 10.7 Å². The maximum Gasteiger partial charge on any atom is 0.224 e. The van der Waals surface area contributed by atoms with E-state index in [1.54, 1.807) is 13.2 Å². The van der Waals surface area contributed by atoms with Crippen molar-refractivity contribution in [1.29, 1.82) is 0 Å². The number of hydrogen-bond acceptors (Lipinski definition) is 5. The monoisotopic (exact) mass is 302 g/mol. The van der Waals surface area contributed by atoms with Gasteiger partial charge in [-0.05, 0) is 36.2 Å². The zero-order valence-corrected chi connectivity index (χ0v) is 12.0. The highest BCUT2D eigenvalue weighted by Gasteiger charge is 2.15. The Balaban J connectivity index is 2.99. The van der Waals surface area contributed by atoms with Crippen LogP contribution in [0.1, 0.15) is 20.3 Å². The molecular weight excluding hydrogens is 284 g/mol. The summed E-state index contributed by atoms with van der Waals surface area (Å²) in [7, 11) is 1.79. The van der Waals surface area contributed by atoms with Gasteiger partial charge in [0.2, 0.25) is 5.95 Å². The Morgan fingerprint density at radius 3 is 2.76 bits per heavy atom. The Hall–Kier alpha value is -0.880. The van der Waals surface area contributed by atoms with E-state index in [0.29, 0.717) is 12.0 Å². The Bertz CT molecular complexity index is 359. The first kappa shape index (κ1) is 14.2. The molecule has 1 rings (SSSR count). The summed E-state index contributed by atoms with van der Waals surface area (Å²) in [4.78, 5) is 10.7. The molecule has 0 aliphatic rings. The van der Waals surface area contributed by atoms with E-state index in [4.69, 9.17) is 5.11 Å². The van der Waals surface area contributed by atoms with Gasteiger partial charge in [-0.3, -0.25) is 0 Å². The molecule has 0 aliphatic carbocycles. The van der Waals surface area contributed by atoms with Crippen LogP contribution in [-0.2, 0) is 0 Å². The van der Waals surface area contributed by atoms with Crippen molar-refractivity contribution in [2.45, 2.75) is 26.3 Å². The molecule has 0 radical (unpaired) electrons. The van der Waals surface area contributed by atoms with Crippen LogP contribution in [-0.4, -0.2) is 41.3 Å². The van der Waals surface area contributed by atoms with Gasteiger partial charge in [0.15, 0.2) is 0 Å². The van der Waals surface area contributed by atoms with Gasteiger partial charge >= 0.3 is 0 Å². The summed E-state index contributed by atoms with van der Waals surface area (Å²) in [6.07, 6.45) is 2.46. The lowest BCUT2D eigenvalue weighted by Gasteiger charge is -2.28. The molecule has 0 amide bonds. The summed E-state index contributed by atoms with van der Waals surface area (Å²) in [6.45, 7) is 5.16. The number of aliphatic hydroxyl groups is 1. The maximum atomic E-state index is 8.93. The highest BCUT2D eigenvalue weighted by molar-refractivity contribution is 9.10. The first-order valence-electron chi connectivity index (χ1n) is 5.68. The van der Waals surface area contributed by atoms with Crippen molar-refractivity contribution in [2.75, 3.05) is 30.4 Å². The minimum atomic E-state index is 0.185. The summed E-state index contributed by atoms with van der Waals surface area (Å²) < 4.78 is 0.864. The van der Waals surface area contributed by atoms with Crippen LogP contribution in [0.2, 0.25) is 0 Å². The lowest BCUT2D eigenvalue weighted by atomic mass is 10.3. The largest absolute Gasteiger partial charge is 0.396 e. The number of halogens is 1. The van der Waals surface area contributed by atoms with Crippen molar-refractivity contribution in [1.82, 2.24) is 9.97 Å². The van der Waals surface area contributed by atoms with Crippen LogP contribution in [0.5, 0.6) is 0 Å². The Morgan fingerprint density at radius 2 is 2.24 bits per heavy atom. The second-order valence-electron chi connectivity index (χ2n) is 3.98. The first-order chi connectivity index (χ1) is 8.10. The van der Waals surface area contributed by atoms with Gasteiger partial charge in [-0.1, -0.05) is 0 Å². The zero-order chi connectivity index (χ0) is 12.8. The van der Waals surface area contributed by atoms with Crippen LogP contribution in [0.4, 0.5) is 11.8 Å². The fourth-order valence-electron chi connectivity index (χ4n) is 1.53. The molecule has 0 bridgehead atoms. The molecule has 0 aliphatic heterocycles. The number of aliphatic hydroxyl groups excluding tert-OH is 1. The van der Waals surface area contributed by atoms with Gasteiger partial charge in [0.05, 0.1) is 4.47 Å². The van der Waals surface area contributed by atoms with Crippen molar-refractivity contribution in [3.8, 4) is 0 Å². The van der Waals surface area contributed by atoms with Crippen LogP contribution in [0, 0.1) is 0 Å².